The smallest absolute Gasteiger partial charge is 0.175 e. The Morgan fingerprint density at radius 1 is 1.32 bits per heavy atom. The van der Waals surface area contributed by atoms with E-state index in [-0.39, 0.29) is 17.1 Å². The number of rotatable bonds is 5. The minimum atomic E-state index is -0.529. The molecule has 1 aliphatic carbocycles. The van der Waals surface area contributed by atoms with E-state index in [1.165, 1.54) is 45.3 Å². The van der Waals surface area contributed by atoms with Crippen LogP contribution in [0.2, 0.25) is 0 Å². The minimum absolute atomic E-state index is 0.109. The van der Waals surface area contributed by atoms with Crippen molar-refractivity contribution in [1.29, 1.82) is 0 Å². The van der Waals surface area contributed by atoms with Crippen molar-refractivity contribution in [3.05, 3.63) is 29.6 Å². The van der Waals surface area contributed by atoms with E-state index < -0.39 is 5.82 Å². The lowest BCUT2D eigenvalue weighted by atomic mass is 9.85. The van der Waals surface area contributed by atoms with E-state index in [1.54, 1.807) is 12.1 Å². The molecule has 19 heavy (non-hydrogen) atoms. The molecule has 0 atom stereocenters. The van der Waals surface area contributed by atoms with E-state index in [1.807, 2.05) is 0 Å². The number of ketones is 1. The van der Waals surface area contributed by atoms with Crippen LogP contribution in [-0.4, -0.2) is 12.9 Å². The highest BCUT2D eigenvalue weighted by Gasteiger charge is 2.18. The molecule has 0 aromatic heterocycles. The minimum Gasteiger partial charge on any atom is -0.494 e. The first kappa shape index (κ1) is 14.0. The number of hydrogen-bond donors (Lipinski definition) is 0. The highest BCUT2D eigenvalue weighted by Crippen LogP contribution is 2.28. The maximum atomic E-state index is 13.9. The molecule has 0 aliphatic heterocycles. The van der Waals surface area contributed by atoms with Gasteiger partial charge in [0.1, 0.15) is 0 Å². The Morgan fingerprint density at radius 3 is 2.74 bits per heavy atom. The van der Waals surface area contributed by atoms with Crippen molar-refractivity contribution < 1.29 is 13.9 Å². The monoisotopic (exact) mass is 264 g/mol. The molecule has 2 rings (SSSR count). The van der Waals surface area contributed by atoms with Gasteiger partial charge in [0, 0.05) is 6.42 Å². The number of halogens is 1. The zero-order valence-electron chi connectivity index (χ0n) is 11.5. The van der Waals surface area contributed by atoms with Crippen molar-refractivity contribution in [3.8, 4) is 5.75 Å². The number of carbonyl (C=O) groups is 1. The van der Waals surface area contributed by atoms with Gasteiger partial charge in [-0.15, -0.1) is 0 Å². The van der Waals surface area contributed by atoms with E-state index in [0.717, 1.165) is 6.42 Å². The van der Waals surface area contributed by atoms with E-state index >= 15 is 0 Å². The number of methoxy groups -OCH3 is 1. The second kappa shape index (κ2) is 6.69. The molecule has 0 N–H and O–H groups in total. The van der Waals surface area contributed by atoms with Gasteiger partial charge in [-0.05, 0) is 24.5 Å². The molecule has 2 nitrogen and oxygen atoms in total. The average Bonchev–Trinajstić information content (AvgIpc) is 2.46. The van der Waals surface area contributed by atoms with E-state index in [0.29, 0.717) is 12.3 Å². The summed E-state index contributed by atoms with van der Waals surface area (Å²) in [6, 6.07) is 4.74. The second-order valence-electron chi connectivity index (χ2n) is 5.29. The van der Waals surface area contributed by atoms with Gasteiger partial charge in [0.15, 0.2) is 17.3 Å². The molecular formula is C16H21FO2. The van der Waals surface area contributed by atoms with Gasteiger partial charge in [-0.25, -0.2) is 4.39 Å². The molecule has 104 valence electrons. The van der Waals surface area contributed by atoms with Crippen molar-refractivity contribution in [1.82, 2.24) is 0 Å². The summed E-state index contributed by atoms with van der Waals surface area (Å²) in [5.41, 5.74) is 0.162. The van der Waals surface area contributed by atoms with Gasteiger partial charge < -0.3 is 4.74 Å². The molecule has 3 heteroatoms. The van der Waals surface area contributed by atoms with Crippen LogP contribution in [-0.2, 0) is 0 Å². The summed E-state index contributed by atoms with van der Waals surface area (Å²) in [5, 5.41) is 0. The van der Waals surface area contributed by atoms with Gasteiger partial charge in [0.25, 0.3) is 0 Å². The van der Waals surface area contributed by atoms with E-state index in [4.69, 9.17) is 4.74 Å². The second-order valence-corrected chi connectivity index (χ2v) is 5.29. The largest absolute Gasteiger partial charge is 0.494 e. The summed E-state index contributed by atoms with van der Waals surface area (Å²) in [4.78, 5) is 12.1. The molecule has 1 aromatic carbocycles. The molecule has 0 spiro atoms. The topological polar surface area (TPSA) is 26.3 Å². The van der Waals surface area contributed by atoms with Crippen molar-refractivity contribution in [2.75, 3.05) is 7.11 Å². The van der Waals surface area contributed by atoms with Gasteiger partial charge >= 0.3 is 0 Å². The Morgan fingerprint density at radius 2 is 2.05 bits per heavy atom. The van der Waals surface area contributed by atoms with Crippen LogP contribution in [0.3, 0.4) is 0 Å². The van der Waals surface area contributed by atoms with Gasteiger partial charge in [0.2, 0.25) is 0 Å². The maximum absolute atomic E-state index is 13.9. The highest BCUT2D eigenvalue weighted by molar-refractivity contribution is 5.96. The van der Waals surface area contributed by atoms with Crippen LogP contribution in [0.1, 0.15) is 55.3 Å². The molecular weight excluding hydrogens is 243 g/mol. The molecule has 1 aliphatic rings. The first-order chi connectivity index (χ1) is 9.22. The van der Waals surface area contributed by atoms with Gasteiger partial charge in [-0.2, -0.15) is 0 Å². The molecule has 0 saturated heterocycles. The third-order valence-corrected chi connectivity index (χ3v) is 3.99. The number of Topliss-reactive ketones (excluding diaryl/α,β-unsaturated/α-hetero) is 1. The van der Waals surface area contributed by atoms with Crippen LogP contribution in [0.5, 0.6) is 5.75 Å². The molecule has 0 radical (unpaired) electrons. The molecule has 0 bridgehead atoms. The Labute approximate surface area is 114 Å². The van der Waals surface area contributed by atoms with Crippen molar-refractivity contribution in [2.45, 2.75) is 44.9 Å². The Kier molecular flexibility index (Phi) is 4.94. The number of benzene rings is 1. The standard InChI is InChI=1S/C16H21FO2/c1-19-15-9-5-8-13(16(15)17)14(18)11-10-12-6-3-2-4-7-12/h5,8-9,12H,2-4,6-7,10-11H2,1H3. The van der Waals surface area contributed by atoms with Crippen LogP contribution in [0.4, 0.5) is 4.39 Å². The summed E-state index contributed by atoms with van der Waals surface area (Å²) >= 11 is 0. The molecule has 1 aromatic rings. The molecule has 0 unspecified atom stereocenters. The molecule has 0 heterocycles. The lowest BCUT2D eigenvalue weighted by Gasteiger charge is -2.21. The van der Waals surface area contributed by atoms with Crippen LogP contribution in [0.15, 0.2) is 18.2 Å². The Bertz CT molecular complexity index is 436. The molecule has 1 saturated carbocycles. The number of hydrogen-bond acceptors (Lipinski definition) is 2. The third kappa shape index (κ3) is 3.55. The van der Waals surface area contributed by atoms with Crippen molar-refractivity contribution >= 4 is 5.78 Å². The maximum Gasteiger partial charge on any atom is 0.175 e. The number of ether oxygens (including phenoxy) is 1. The molecule has 0 amide bonds. The predicted octanol–water partition coefficient (Wildman–Crippen LogP) is 4.38. The van der Waals surface area contributed by atoms with E-state index in [9.17, 15) is 9.18 Å². The lowest BCUT2D eigenvalue weighted by Crippen LogP contribution is -2.10. The summed E-state index contributed by atoms with van der Waals surface area (Å²) in [5.74, 6) is 0.149. The lowest BCUT2D eigenvalue weighted by molar-refractivity contribution is 0.0965. The fourth-order valence-electron chi connectivity index (χ4n) is 2.83. The fourth-order valence-corrected chi connectivity index (χ4v) is 2.83. The van der Waals surface area contributed by atoms with E-state index in [2.05, 4.69) is 0 Å². The highest BCUT2D eigenvalue weighted by atomic mass is 19.1. The Balaban J connectivity index is 1.95. The van der Waals surface area contributed by atoms with Crippen molar-refractivity contribution in [2.24, 2.45) is 5.92 Å². The van der Waals surface area contributed by atoms with Crippen LogP contribution < -0.4 is 4.74 Å². The third-order valence-electron chi connectivity index (χ3n) is 3.99. The quantitative estimate of drug-likeness (QED) is 0.738. The molecule has 1 fully saturated rings. The zero-order chi connectivity index (χ0) is 13.7. The van der Waals surface area contributed by atoms with Crippen LogP contribution in [0.25, 0.3) is 0 Å². The van der Waals surface area contributed by atoms with Crippen LogP contribution in [0, 0.1) is 11.7 Å². The van der Waals surface area contributed by atoms with Gasteiger partial charge in [-0.3, -0.25) is 4.79 Å². The fraction of sp³-hybridized carbons (Fsp3) is 0.562. The van der Waals surface area contributed by atoms with Crippen LogP contribution >= 0.6 is 0 Å². The summed E-state index contributed by atoms with van der Waals surface area (Å²) < 4.78 is 18.8. The first-order valence-electron chi connectivity index (χ1n) is 7.08. The van der Waals surface area contributed by atoms with Gasteiger partial charge in [0.05, 0.1) is 12.7 Å². The normalized spacial score (nSPS) is 16.3. The van der Waals surface area contributed by atoms with Gasteiger partial charge in [-0.1, -0.05) is 38.2 Å². The number of carbonyl (C=O) groups excluding carboxylic acids is 1. The Hall–Kier alpha value is -1.38. The summed E-state index contributed by atoms with van der Waals surface area (Å²) in [7, 11) is 1.41. The summed E-state index contributed by atoms with van der Waals surface area (Å²) in [6.45, 7) is 0. The predicted molar refractivity (Wildman–Crippen MR) is 73.1 cm³/mol. The summed E-state index contributed by atoms with van der Waals surface area (Å²) in [6.07, 6.45) is 7.61. The zero-order valence-corrected chi connectivity index (χ0v) is 11.5. The van der Waals surface area contributed by atoms with Crippen molar-refractivity contribution in [3.63, 3.8) is 0 Å². The first-order valence-corrected chi connectivity index (χ1v) is 7.08. The average molecular weight is 264 g/mol. The SMILES string of the molecule is COc1cccc(C(=O)CCC2CCCCC2)c1F.